The molecule has 0 radical (unpaired) electrons. The molecule has 0 saturated carbocycles. The molecule has 214 valence electrons. The molecular weight excluding hydrogens is 636 g/mol. The Balaban J connectivity index is 1.54. The Morgan fingerprint density at radius 3 is 1.32 bits per heavy atom. The lowest BCUT2D eigenvalue weighted by Crippen LogP contribution is -2.28. The van der Waals surface area contributed by atoms with Crippen molar-refractivity contribution in [2.24, 2.45) is 0 Å². The van der Waals surface area contributed by atoms with Gasteiger partial charge in [0.25, 0.3) is 0 Å². The normalized spacial score (nSPS) is 13.1. The summed E-state index contributed by atoms with van der Waals surface area (Å²) in [6.45, 7) is 6.00. The van der Waals surface area contributed by atoms with Crippen molar-refractivity contribution in [3.63, 3.8) is 0 Å². The van der Waals surface area contributed by atoms with E-state index in [9.17, 15) is 0 Å². The second kappa shape index (κ2) is 14.1. The molecule has 0 amide bonds. The van der Waals surface area contributed by atoms with Gasteiger partial charge in [-0.25, -0.2) is 0 Å². The molecule has 0 unspecified atom stereocenters. The standard InChI is InChI=1S/C37H40Br2O2/c1-3-5-7-9-23-40-31-17-11-27(12-18-31)37(28-13-19-32(20-14-28)41-24-10-8-6-4-2)35-21-15-29(38)25-33(35)34-26-30(39)16-22-36(34)37/h11-22,25-26H,3-10,23-24H2,1-2H3. The van der Waals surface area contributed by atoms with E-state index in [2.05, 4.69) is 131 Å². The van der Waals surface area contributed by atoms with Crippen molar-refractivity contribution < 1.29 is 9.47 Å². The number of benzene rings is 4. The van der Waals surface area contributed by atoms with Crippen molar-refractivity contribution in [2.45, 2.75) is 70.6 Å². The zero-order chi connectivity index (χ0) is 28.7. The van der Waals surface area contributed by atoms with Crippen LogP contribution >= 0.6 is 31.9 Å². The van der Waals surface area contributed by atoms with Gasteiger partial charge in [0.2, 0.25) is 0 Å². The fourth-order valence-corrected chi connectivity index (χ4v) is 6.83. The molecule has 0 heterocycles. The van der Waals surface area contributed by atoms with E-state index in [0.29, 0.717) is 0 Å². The Labute approximate surface area is 262 Å². The fourth-order valence-electron chi connectivity index (χ4n) is 6.11. The maximum absolute atomic E-state index is 6.13. The Hall–Kier alpha value is -2.56. The van der Waals surface area contributed by atoms with Crippen LogP contribution in [0.15, 0.2) is 93.9 Å². The van der Waals surface area contributed by atoms with Crippen LogP contribution in [0.25, 0.3) is 11.1 Å². The van der Waals surface area contributed by atoms with Crippen LogP contribution in [0.4, 0.5) is 0 Å². The van der Waals surface area contributed by atoms with Crippen molar-refractivity contribution in [3.05, 3.63) is 116 Å². The average Bonchev–Trinajstić information content (AvgIpc) is 3.27. The van der Waals surface area contributed by atoms with Gasteiger partial charge in [0.1, 0.15) is 11.5 Å². The molecule has 5 rings (SSSR count). The minimum Gasteiger partial charge on any atom is -0.494 e. The zero-order valence-corrected chi connectivity index (χ0v) is 27.4. The molecule has 0 N–H and O–H groups in total. The fraction of sp³-hybridized carbons (Fsp3) is 0.351. The zero-order valence-electron chi connectivity index (χ0n) is 24.2. The largest absolute Gasteiger partial charge is 0.494 e. The molecule has 0 fully saturated rings. The first kappa shape index (κ1) is 29.9. The molecule has 0 aliphatic heterocycles. The van der Waals surface area contributed by atoms with Crippen LogP contribution < -0.4 is 9.47 Å². The summed E-state index contributed by atoms with van der Waals surface area (Å²) in [4.78, 5) is 0. The highest BCUT2D eigenvalue weighted by molar-refractivity contribution is 9.10. The minimum absolute atomic E-state index is 0.453. The number of rotatable bonds is 14. The lowest BCUT2D eigenvalue weighted by molar-refractivity contribution is 0.305. The highest BCUT2D eigenvalue weighted by Crippen LogP contribution is 2.57. The van der Waals surface area contributed by atoms with Gasteiger partial charge in [-0.2, -0.15) is 0 Å². The summed E-state index contributed by atoms with van der Waals surface area (Å²) >= 11 is 7.48. The topological polar surface area (TPSA) is 18.5 Å². The second-order valence-corrected chi connectivity index (χ2v) is 12.8. The summed E-state index contributed by atoms with van der Waals surface area (Å²) in [5, 5.41) is 0. The second-order valence-electron chi connectivity index (χ2n) is 11.0. The van der Waals surface area contributed by atoms with Crippen molar-refractivity contribution in [2.75, 3.05) is 13.2 Å². The predicted molar refractivity (Wildman–Crippen MR) is 178 cm³/mol. The molecule has 0 atom stereocenters. The van der Waals surface area contributed by atoms with Gasteiger partial charge in [0.05, 0.1) is 18.6 Å². The van der Waals surface area contributed by atoms with Crippen LogP contribution in [-0.4, -0.2) is 13.2 Å². The van der Waals surface area contributed by atoms with Gasteiger partial charge in [-0.3, -0.25) is 0 Å². The number of hydrogen-bond acceptors (Lipinski definition) is 2. The van der Waals surface area contributed by atoms with Crippen molar-refractivity contribution >= 4 is 31.9 Å². The summed E-state index contributed by atoms with van der Waals surface area (Å²) in [5.74, 6) is 1.86. The van der Waals surface area contributed by atoms with E-state index in [0.717, 1.165) is 46.5 Å². The Kier molecular flexibility index (Phi) is 10.3. The third kappa shape index (κ3) is 6.44. The van der Waals surface area contributed by atoms with Crippen LogP contribution in [0.1, 0.15) is 87.5 Å². The first-order valence-corrected chi connectivity index (χ1v) is 16.7. The van der Waals surface area contributed by atoms with E-state index in [1.165, 1.54) is 71.9 Å². The molecular formula is C37H40Br2O2. The molecule has 4 aromatic carbocycles. The quantitative estimate of drug-likeness (QED) is 0.109. The maximum Gasteiger partial charge on any atom is 0.119 e. The molecule has 4 heteroatoms. The highest BCUT2D eigenvalue weighted by atomic mass is 79.9. The van der Waals surface area contributed by atoms with E-state index in [-0.39, 0.29) is 0 Å². The third-order valence-electron chi connectivity index (χ3n) is 8.17. The number of unbranched alkanes of at least 4 members (excludes halogenated alkanes) is 6. The molecule has 4 aromatic rings. The Morgan fingerprint density at radius 1 is 0.512 bits per heavy atom. The van der Waals surface area contributed by atoms with E-state index >= 15 is 0 Å². The van der Waals surface area contributed by atoms with Crippen molar-refractivity contribution in [1.29, 1.82) is 0 Å². The predicted octanol–water partition coefficient (Wildman–Crippen LogP) is 11.5. The summed E-state index contributed by atoms with van der Waals surface area (Å²) in [6, 6.07) is 31.0. The summed E-state index contributed by atoms with van der Waals surface area (Å²) in [5.41, 5.74) is 7.09. The minimum atomic E-state index is -0.453. The molecule has 0 spiro atoms. The van der Waals surface area contributed by atoms with E-state index in [1.54, 1.807) is 0 Å². The lowest BCUT2D eigenvalue weighted by atomic mass is 9.68. The number of halogens is 2. The van der Waals surface area contributed by atoms with Gasteiger partial charge in [-0.05, 0) is 94.8 Å². The van der Waals surface area contributed by atoms with Crippen LogP contribution in [-0.2, 0) is 5.41 Å². The molecule has 1 aliphatic rings. The Bertz CT molecular complexity index is 1320. The molecule has 1 aliphatic carbocycles. The van der Waals surface area contributed by atoms with Crippen molar-refractivity contribution in [3.8, 4) is 22.6 Å². The van der Waals surface area contributed by atoms with E-state index in [4.69, 9.17) is 9.47 Å². The van der Waals surface area contributed by atoms with Gasteiger partial charge in [-0.1, -0.05) is 121 Å². The summed E-state index contributed by atoms with van der Waals surface area (Å²) in [6.07, 6.45) is 9.62. The number of hydrogen-bond donors (Lipinski definition) is 0. The SMILES string of the molecule is CCCCCCOc1ccc(C2(c3ccc(OCCCCCC)cc3)c3ccc(Br)cc3-c3cc(Br)ccc32)cc1. The van der Waals surface area contributed by atoms with Crippen LogP contribution in [0.2, 0.25) is 0 Å². The van der Waals surface area contributed by atoms with Gasteiger partial charge < -0.3 is 9.47 Å². The van der Waals surface area contributed by atoms with Crippen LogP contribution in [0, 0.1) is 0 Å². The number of ether oxygens (including phenoxy) is 2. The molecule has 41 heavy (non-hydrogen) atoms. The maximum atomic E-state index is 6.13. The number of fused-ring (bicyclic) bond motifs is 3. The molecule has 0 bridgehead atoms. The summed E-state index contributed by atoms with van der Waals surface area (Å²) in [7, 11) is 0. The Morgan fingerprint density at radius 2 is 0.927 bits per heavy atom. The van der Waals surface area contributed by atoms with Crippen LogP contribution in [0.3, 0.4) is 0 Å². The summed E-state index contributed by atoms with van der Waals surface area (Å²) < 4.78 is 14.4. The molecule has 0 aromatic heterocycles. The average molecular weight is 677 g/mol. The molecule has 2 nitrogen and oxygen atoms in total. The smallest absolute Gasteiger partial charge is 0.119 e. The third-order valence-corrected chi connectivity index (χ3v) is 9.16. The first-order valence-electron chi connectivity index (χ1n) is 15.1. The van der Waals surface area contributed by atoms with Gasteiger partial charge in [0, 0.05) is 8.95 Å². The van der Waals surface area contributed by atoms with Crippen molar-refractivity contribution in [1.82, 2.24) is 0 Å². The highest BCUT2D eigenvalue weighted by Gasteiger charge is 2.46. The van der Waals surface area contributed by atoms with E-state index < -0.39 is 5.41 Å². The van der Waals surface area contributed by atoms with Gasteiger partial charge in [0.15, 0.2) is 0 Å². The first-order chi connectivity index (χ1) is 20.1. The lowest BCUT2D eigenvalue weighted by Gasteiger charge is -2.34. The van der Waals surface area contributed by atoms with Gasteiger partial charge >= 0.3 is 0 Å². The van der Waals surface area contributed by atoms with E-state index in [1.807, 2.05) is 0 Å². The van der Waals surface area contributed by atoms with Gasteiger partial charge in [-0.15, -0.1) is 0 Å². The molecule has 0 saturated heterocycles. The van der Waals surface area contributed by atoms with Crippen LogP contribution in [0.5, 0.6) is 11.5 Å². The monoisotopic (exact) mass is 674 g/mol.